The van der Waals surface area contributed by atoms with Gasteiger partial charge in [0.15, 0.2) is 5.13 Å². The molecule has 1 amide bonds. The SMILES string of the molecule is COCCCCNC(=O)c1sc(N2CCOCC2)nc1N. The lowest BCUT2D eigenvalue weighted by molar-refractivity contribution is 0.0956. The van der Waals surface area contributed by atoms with E-state index >= 15 is 0 Å². The van der Waals surface area contributed by atoms with Crippen LogP contribution in [0.5, 0.6) is 0 Å². The van der Waals surface area contributed by atoms with Crippen LogP contribution in [0.1, 0.15) is 22.5 Å². The van der Waals surface area contributed by atoms with Gasteiger partial charge in [0.25, 0.3) is 5.91 Å². The fraction of sp³-hybridized carbons (Fsp3) is 0.692. The number of rotatable bonds is 7. The third kappa shape index (κ3) is 4.55. The van der Waals surface area contributed by atoms with Crippen LogP contribution in [0.3, 0.4) is 0 Å². The molecule has 0 spiro atoms. The minimum absolute atomic E-state index is 0.151. The summed E-state index contributed by atoms with van der Waals surface area (Å²) in [5, 5.41) is 3.66. The number of carbonyl (C=O) groups excluding carboxylic acids is 1. The molecule has 0 atom stereocenters. The highest BCUT2D eigenvalue weighted by molar-refractivity contribution is 7.18. The normalized spacial score (nSPS) is 15.2. The van der Waals surface area contributed by atoms with Gasteiger partial charge in [0.05, 0.1) is 13.2 Å². The number of methoxy groups -OCH3 is 1. The predicted octanol–water partition coefficient (Wildman–Crippen LogP) is 0.718. The van der Waals surface area contributed by atoms with Crippen molar-refractivity contribution < 1.29 is 14.3 Å². The number of amides is 1. The van der Waals surface area contributed by atoms with E-state index in [9.17, 15) is 4.79 Å². The number of thiazole rings is 1. The number of nitrogens with zero attached hydrogens (tertiary/aromatic N) is 2. The summed E-state index contributed by atoms with van der Waals surface area (Å²) in [4.78, 5) is 19.0. The number of nitrogen functional groups attached to an aromatic ring is 1. The topological polar surface area (TPSA) is 89.7 Å². The summed E-state index contributed by atoms with van der Waals surface area (Å²) in [6.07, 6.45) is 1.81. The fourth-order valence-electron chi connectivity index (χ4n) is 2.03. The summed E-state index contributed by atoms with van der Waals surface area (Å²) in [7, 11) is 1.67. The summed E-state index contributed by atoms with van der Waals surface area (Å²) < 4.78 is 10.3. The fourth-order valence-corrected chi connectivity index (χ4v) is 2.98. The van der Waals surface area contributed by atoms with Crippen molar-refractivity contribution in [1.29, 1.82) is 0 Å². The van der Waals surface area contributed by atoms with Crippen molar-refractivity contribution >= 4 is 28.2 Å². The average Bonchev–Trinajstić information content (AvgIpc) is 2.90. The minimum atomic E-state index is -0.151. The van der Waals surface area contributed by atoms with E-state index in [4.69, 9.17) is 15.2 Å². The molecule has 0 radical (unpaired) electrons. The second-order valence-electron chi connectivity index (χ2n) is 4.77. The van der Waals surface area contributed by atoms with Crippen LogP contribution in [-0.4, -0.2) is 57.5 Å². The van der Waals surface area contributed by atoms with Crippen molar-refractivity contribution in [3.8, 4) is 0 Å². The Morgan fingerprint density at radius 2 is 2.24 bits per heavy atom. The molecule has 1 fully saturated rings. The van der Waals surface area contributed by atoms with E-state index < -0.39 is 0 Å². The number of hydrogen-bond acceptors (Lipinski definition) is 7. The van der Waals surface area contributed by atoms with Crippen LogP contribution in [0.25, 0.3) is 0 Å². The van der Waals surface area contributed by atoms with E-state index in [-0.39, 0.29) is 5.91 Å². The average molecular weight is 314 g/mol. The summed E-state index contributed by atoms with van der Waals surface area (Å²) in [5.41, 5.74) is 5.86. The van der Waals surface area contributed by atoms with Crippen molar-refractivity contribution in [3.63, 3.8) is 0 Å². The van der Waals surface area contributed by atoms with E-state index in [2.05, 4.69) is 15.2 Å². The molecule has 0 aromatic carbocycles. The van der Waals surface area contributed by atoms with Crippen LogP contribution in [0, 0.1) is 0 Å². The Hall–Kier alpha value is -1.38. The Morgan fingerprint density at radius 3 is 2.95 bits per heavy atom. The van der Waals surface area contributed by atoms with Gasteiger partial charge in [-0.1, -0.05) is 11.3 Å². The van der Waals surface area contributed by atoms with Gasteiger partial charge in [-0.2, -0.15) is 0 Å². The maximum absolute atomic E-state index is 12.1. The Morgan fingerprint density at radius 1 is 1.48 bits per heavy atom. The third-order valence-corrected chi connectivity index (χ3v) is 4.32. The Balaban J connectivity index is 1.87. The summed E-state index contributed by atoms with van der Waals surface area (Å²) in [5.74, 6) is 0.151. The molecule has 1 aromatic rings. The molecule has 2 rings (SSSR count). The van der Waals surface area contributed by atoms with Crippen LogP contribution >= 0.6 is 11.3 Å². The molecule has 8 heteroatoms. The van der Waals surface area contributed by atoms with E-state index in [0.717, 1.165) is 31.1 Å². The maximum Gasteiger partial charge on any atom is 0.265 e. The van der Waals surface area contributed by atoms with Crippen molar-refractivity contribution in [2.24, 2.45) is 0 Å². The lowest BCUT2D eigenvalue weighted by atomic mass is 10.3. The number of unbranched alkanes of at least 4 members (excludes halogenated alkanes) is 1. The zero-order valence-corrected chi connectivity index (χ0v) is 13.1. The van der Waals surface area contributed by atoms with Gasteiger partial charge in [-0.25, -0.2) is 4.98 Å². The highest BCUT2D eigenvalue weighted by Crippen LogP contribution is 2.28. The maximum atomic E-state index is 12.1. The van der Waals surface area contributed by atoms with Crippen molar-refractivity contribution in [3.05, 3.63) is 4.88 Å². The van der Waals surface area contributed by atoms with Crippen LogP contribution in [0.4, 0.5) is 10.9 Å². The standard InChI is InChI=1S/C13H22N4O3S/c1-19-7-3-2-4-15-12(18)10-11(14)16-13(21-10)17-5-8-20-9-6-17/h2-9,14H2,1H3,(H,15,18). The molecule has 1 aliphatic heterocycles. The van der Waals surface area contributed by atoms with Crippen LogP contribution in [0.2, 0.25) is 0 Å². The molecule has 0 bridgehead atoms. The first kappa shape index (κ1) is 16.0. The van der Waals surface area contributed by atoms with Crippen LogP contribution < -0.4 is 16.0 Å². The number of carbonyl (C=O) groups is 1. The molecular formula is C13H22N4O3S. The number of aromatic nitrogens is 1. The second-order valence-corrected chi connectivity index (χ2v) is 5.74. The number of anilines is 2. The molecular weight excluding hydrogens is 292 g/mol. The smallest absolute Gasteiger partial charge is 0.265 e. The first-order chi connectivity index (χ1) is 10.2. The largest absolute Gasteiger partial charge is 0.385 e. The lowest BCUT2D eigenvalue weighted by Crippen LogP contribution is -2.36. The summed E-state index contributed by atoms with van der Waals surface area (Å²) in [6.45, 7) is 4.25. The van der Waals surface area contributed by atoms with Gasteiger partial charge >= 0.3 is 0 Å². The molecule has 0 aliphatic carbocycles. The molecule has 118 valence electrons. The van der Waals surface area contributed by atoms with Crippen LogP contribution in [0.15, 0.2) is 0 Å². The highest BCUT2D eigenvalue weighted by Gasteiger charge is 2.20. The molecule has 1 saturated heterocycles. The Labute approximate surface area is 128 Å². The van der Waals surface area contributed by atoms with Crippen LogP contribution in [-0.2, 0) is 9.47 Å². The van der Waals surface area contributed by atoms with E-state index in [1.165, 1.54) is 11.3 Å². The minimum Gasteiger partial charge on any atom is -0.385 e. The van der Waals surface area contributed by atoms with Gasteiger partial charge in [0, 0.05) is 33.4 Å². The van der Waals surface area contributed by atoms with Crippen molar-refractivity contribution in [2.45, 2.75) is 12.8 Å². The van der Waals surface area contributed by atoms with Crippen molar-refractivity contribution in [2.75, 3.05) is 57.2 Å². The van der Waals surface area contributed by atoms with Gasteiger partial charge < -0.3 is 25.4 Å². The van der Waals surface area contributed by atoms with E-state index in [1.54, 1.807) is 7.11 Å². The summed E-state index contributed by atoms with van der Waals surface area (Å²) in [6, 6.07) is 0. The number of morpholine rings is 1. The van der Waals surface area contributed by atoms with Gasteiger partial charge in [-0.15, -0.1) is 0 Å². The number of ether oxygens (including phenoxy) is 2. The number of hydrogen-bond donors (Lipinski definition) is 2. The molecule has 0 unspecified atom stereocenters. The van der Waals surface area contributed by atoms with Gasteiger partial charge in [-0.05, 0) is 12.8 Å². The molecule has 21 heavy (non-hydrogen) atoms. The first-order valence-corrected chi connectivity index (χ1v) is 7.90. The van der Waals surface area contributed by atoms with Gasteiger partial charge in [-0.3, -0.25) is 4.79 Å². The quantitative estimate of drug-likeness (QED) is 0.721. The lowest BCUT2D eigenvalue weighted by Gasteiger charge is -2.25. The first-order valence-electron chi connectivity index (χ1n) is 7.08. The molecule has 3 N–H and O–H groups in total. The van der Waals surface area contributed by atoms with E-state index in [0.29, 0.717) is 37.1 Å². The zero-order chi connectivity index (χ0) is 15.1. The van der Waals surface area contributed by atoms with Crippen molar-refractivity contribution in [1.82, 2.24) is 10.3 Å². The summed E-state index contributed by atoms with van der Waals surface area (Å²) >= 11 is 1.34. The Bertz CT molecular complexity index is 460. The number of nitrogens with two attached hydrogens (primary N) is 1. The highest BCUT2D eigenvalue weighted by atomic mass is 32.1. The second kappa shape index (κ2) is 8.16. The van der Waals surface area contributed by atoms with Gasteiger partial charge in [0.2, 0.25) is 0 Å². The Kier molecular flexibility index (Phi) is 6.21. The monoisotopic (exact) mass is 314 g/mol. The molecule has 2 heterocycles. The molecule has 0 saturated carbocycles. The molecule has 1 aromatic heterocycles. The molecule has 7 nitrogen and oxygen atoms in total. The number of nitrogens with one attached hydrogen (secondary N) is 1. The third-order valence-electron chi connectivity index (χ3n) is 3.19. The van der Waals surface area contributed by atoms with E-state index in [1.807, 2.05) is 0 Å². The predicted molar refractivity (Wildman–Crippen MR) is 83.0 cm³/mol. The molecule has 1 aliphatic rings. The van der Waals surface area contributed by atoms with Gasteiger partial charge in [0.1, 0.15) is 10.7 Å². The zero-order valence-electron chi connectivity index (χ0n) is 12.3.